The van der Waals surface area contributed by atoms with E-state index in [2.05, 4.69) is 10.9 Å². The van der Waals surface area contributed by atoms with Gasteiger partial charge in [-0.1, -0.05) is 29.3 Å². The van der Waals surface area contributed by atoms with E-state index in [0.29, 0.717) is 13.2 Å². The zero-order chi connectivity index (χ0) is 21.0. The second-order valence-corrected chi connectivity index (χ2v) is 8.92. The Morgan fingerprint density at radius 2 is 1.48 bits per heavy atom. The van der Waals surface area contributed by atoms with E-state index >= 15 is 0 Å². The average Bonchev–Trinajstić information content (AvgIpc) is 2.71. The van der Waals surface area contributed by atoms with Crippen molar-refractivity contribution in [3.63, 3.8) is 0 Å². The van der Waals surface area contributed by atoms with Gasteiger partial charge >= 0.3 is 0 Å². The first-order valence-electron chi connectivity index (χ1n) is 8.52. The first-order chi connectivity index (χ1) is 13.8. The summed E-state index contributed by atoms with van der Waals surface area (Å²) in [5, 5.41) is 0.546. The van der Waals surface area contributed by atoms with Crippen LogP contribution in [-0.2, 0) is 14.8 Å². The van der Waals surface area contributed by atoms with E-state index in [9.17, 15) is 18.0 Å². The van der Waals surface area contributed by atoms with E-state index in [4.69, 9.17) is 27.9 Å². The topological polar surface area (TPSA) is 105 Å². The molecule has 29 heavy (non-hydrogen) atoms. The highest BCUT2D eigenvalue weighted by atomic mass is 35.5. The van der Waals surface area contributed by atoms with Gasteiger partial charge < -0.3 is 4.74 Å². The summed E-state index contributed by atoms with van der Waals surface area (Å²) in [6.45, 7) is 1.13. The van der Waals surface area contributed by atoms with Crippen molar-refractivity contribution in [1.29, 1.82) is 0 Å². The Labute approximate surface area is 177 Å². The number of nitrogens with one attached hydrogen (secondary N) is 2. The molecule has 0 spiro atoms. The number of ether oxygens (including phenoxy) is 1. The quantitative estimate of drug-likeness (QED) is 0.683. The molecule has 2 N–H and O–H groups in total. The van der Waals surface area contributed by atoms with Crippen molar-refractivity contribution >= 4 is 45.0 Å². The molecule has 0 radical (unpaired) electrons. The number of morpholine rings is 1. The van der Waals surface area contributed by atoms with Gasteiger partial charge in [-0.2, -0.15) is 4.31 Å². The third-order valence-electron chi connectivity index (χ3n) is 4.12. The zero-order valence-electron chi connectivity index (χ0n) is 15.0. The van der Waals surface area contributed by atoms with Crippen molar-refractivity contribution in [2.45, 2.75) is 4.90 Å². The van der Waals surface area contributed by atoms with Gasteiger partial charge in [-0.3, -0.25) is 20.4 Å². The predicted molar refractivity (Wildman–Crippen MR) is 107 cm³/mol. The van der Waals surface area contributed by atoms with Crippen LogP contribution in [-0.4, -0.2) is 50.8 Å². The van der Waals surface area contributed by atoms with Gasteiger partial charge in [0.2, 0.25) is 10.0 Å². The molecule has 0 aliphatic carbocycles. The van der Waals surface area contributed by atoms with Crippen LogP contribution >= 0.6 is 23.2 Å². The largest absolute Gasteiger partial charge is 0.379 e. The van der Waals surface area contributed by atoms with Crippen LogP contribution in [0.2, 0.25) is 10.0 Å². The molecule has 2 amide bonds. The third kappa shape index (κ3) is 5.26. The van der Waals surface area contributed by atoms with E-state index in [1.54, 1.807) is 0 Å². The van der Waals surface area contributed by atoms with E-state index in [1.165, 1.54) is 46.8 Å². The number of hydrogen-bond acceptors (Lipinski definition) is 5. The van der Waals surface area contributed by atoms with Gasteiger partial charge in [0.25, 0.3) is 11.8 Å². The molecule has 0 saturated carbocycles. The number of carbonyl (C=O) groups is 2. The molecule has 11 heteroatoms. The summed E-state index contributed by atoms with van der Waals surface area (Å²) in [4.78, 5) is 24.5. The maximum absolute atomic E-state index is 12.7. The molecule has 0 atom stereocenters. The summed E-state index contributed by atoms with van der Waals surface area (Å²) in [6.07, 6.45) is 0. The van der Waals surface area contributed by atoms with Crippen molar-refractivity contribution in [3.05, 3.63) is 63.6 Å². The molecule has 0 bridgehead atoms. The highest BCUT2D eigenvalue weighted by Gasteiger charge is 2.27. The summed E-state index contributed by atoms with van der Waals surface area (Å²) in [7, 11) is -3.75. The fourth-order valence-electron chi connectivity index (χ4n) is 2.68. The fourth-order valence-corrected chi connectivity index (χ4v) is 4.66. The Morgan fingerprint density at radius 1 is 0.897 bits per heavy atom. The van der Waals surface area contributed by atoms with Crippen molar-refractivity contribution < 1.29 is 22.7 Å². The number of hydrogen-bond donors (Lipinski definition) is 2. The van der Waals surface area contributed by atoms with Crippen LogP contribution in [0, 0.1) is 0 Å². The molecule has 2 aromatic rings. The smallest absolute Gasteiger partial charge is 0.269 e. The Bertz CT molecular complexity index is 1020. The number of carbonyl (C=O) groups excluding carboxylic acids is 2. The number of halogens is 2. The molecule has 1 fully saturated rings. The molecular formula is C18H17Cl2N3O5S. The van der Waals surface area contributed by atoms with Crippen LogP contribution in [0.3, 0.4) is 0 Å². The van der Waals surface area contributed by atoms with Crippen LogP contribution in [0.25, 0.3) is 0 Å². The summed E-state index contributed by atoms with van der Waals surface area (Å²) in [5.74, 6) is -1.30. The number of rotatable bonds is 4. The lowest BCUT2D eigenvalue weighted by Crippen LogP contribution is -2.42. The Morgan fingerprint density at radius 3 is 2.10 bits per heavy atom. The monoisotopic (exact) mass is 457 g/mol. The standard InChI is InChI=1S/C18H17Cl2N3O5S/c19-14-8-13(9-15(20)11-14)18(25)22-21-17(24)12-2-1-3-16(10-12)29(26,27)23-4-6-28-7-5-23/h1-3,8-11H,4-7H2,(H,21,24)(H,22,25). The van der Waals surface area contributed by atoms with Crippen LogP contribution < -0.4 is 10.9 Å². The van der Waals surface area contributed by atoms with Gasteiger partial charge in [0.05, 0.1) is 18.1 Å². The van der Waals surface area contributed by atoms with Gasteiger partial charge in [-0.15, -0.1) is 0 Å². The Balaban J connectivity index is 1.70. The van der Waals surface area contributed by atoms with Crippen molar-refractivity contribution in [3.8, 4) is 0 Å². The summed E-state index contributed by atoms with van der Waals surface area (Å²) >= 11 is 11.7. The van der Waals surface area contributed by atoms with E-state index in [-0.39, 0.29) is 39.2 Å². The van der Waals surface area contributed by atoms with Gasteiger partial charge in [0.1, 0.15) is 0 Å². The molecule has 2 aromatic carbocycles. The molecule has 0 aromatic heterocycles. The second-order valence-electron chi connectivity index (χ2n) is 6.11. The lowest BCUT2D eigenvalue weighted by atomic mass is 10.2. The van der Waals surface area contributed by atoms with Crippen molar-refractivity contribution in [2.75, 3.05) is 26.3 Å². The molecule has 154 valence electrons. The number of hydrazine groups is 1. The van der Waals surface area contributed by atoms with Gasteiger partial charge in [-0.05, 0) is 36.4 Å². The fraction of sp³-hybridized carbons (Fsp3) is 0.222. The van der Waals surface area contributed by atoms with Crippen LogP contribution in [0.5, 0.6) is 0 Å². The molecule has 0 unspecified atom stereocenters. The molecule has 3 rings (SSSR count). The lowest BCUT2D eigenvalue weighted by molar-refractivity contribution is 0.0730. The number of sulfonamides is 1. The molecule has 1 heterocycles. The second kappa shape index (κ2) is 9.10. The predicted octanol–water partition coefficient (Wildman–Crippen LogP) is 2.09. The molecule has 1 saturated heterocycles. The van der Waals surface area contributed by atoms with Gasteiger partial charge in [0.15, 0.2) is 0 Å². The van der Waals surface area contributed by atoms with Crippen LogP contribution in [0.15, 0.2) is 47.4 Å². The lowest BCUT2D eigenvalue weighted by Gasteiger charge is -2.26. The van der Waals surface area contributed by atoms with Crippen LogP contribution in [0.4, 0.5) is 0 Å². The minimum absolute atomic E-state index is 0.0139. The van der Waals surface area contributed by atoms with Gasteiger partial charge in [-0.25, -0.2) is 8.42 Å². The van der Waals surface area contributed by atoms with E-state index < -0.39 is 21.8 Å². The van der Waals surface area contributed by atoms with Crippen molar-refractivity contribution in [2.24, 2.45) is 0 Å². The number of benzene rings is 2. The maximum Gasteiger partial charge on any atom is 0.269 e. The SMILES string of the molecule is O=C(NNC(=O)c1cccc(S(=O)(=O)N2CCOCC2)c1)c1cc(Cl)cc(Cl)c1. The maximum atomic E-state index is 12.7. The molecule has 1 aliphatic heterocycles. The normalized spacial score (nSPS) is 15.0. The number of amides is 2. The van der Waals surface area contributed by atoms with E-state index in [0.717, 1.165) is 0 Å². The van der Waals surface area contributed by atoms with Gasteiger partial charge in [0, 0.05) is 34.3 Å². The summed E-state index contributed by atoms with van der Waals surface area (Å²) in [5.41, 5.74) is 4.71. The van der Waals surface area contributed by atoms with Crippen molar-refractivity contribution in [1.82, 2.24) is 15.2 Å². The minimum Gasteiger partial charge on any atom is -0.379 e. The Kier molecular flexibility index (Phi) is 6.76. The first-order valence-corrected chi connectivity index (χ1v) is 10.7. The zero-order valence-corrected chi connectivity index (χ0v) is 17.4. The van der Waals surface area contributed by atoms with Crippen LogP contribution in [0.1, 0.15) is 20.7 Å². The summed E-state index contributed by atoms with van der Waals surface area (Å²) in [6, 6.07) is 9.82. The minimum atomic E-state index is -3.75. The highest BCUT2D eigenvalue weighted by Crippen LogP contribution is 2.20. The molecule has 8 nitrogen and oxygen atoms in total. The van der Waals surface area contributed by atoms with E-state index in [1.807, 2.05) is 0 Å². The first kappa shape index (κ1) is 21.5. The molecule has 1 aliphatic rings. The highest BCUT2D eigenvalue weighted by molar-refractivity contribution is 7.89. The Hall–Kier alpha value is -2.17. The summed E-state index contributed by atoms with van der Waals surface area (Å²) < 4.78 is 31.9. The number of nitrogens with zero attached hydrogens (tertiary/aromatic N) is 1. The third-order valence-corrected chi connectivity index (χ3v) is 6.45. The molecular weight excluding hydrogens is 441 g/mol. The average molecular weight is 458 g/mol.